The molecule has 0 spiro atoms. The zero-order chi connectivity index (χ0) is 13.7. The Morgan fingerprint density at radius 3 is 2.44 bits per heavy atom. The van der Waals surface area contributed by atoms with Crippen molar-refractivity contribution in [3.05, 3.63) is 0 Å². The SMILES string of the molecule is CCCC1CCC(O)CC1N(CC(F)F)C(C)C. The second-order valence-electron chi connectivity index (χ2n) is 5.76. The van der Waals surface area contributed by atoms with Crippen LogP contribution in [0.5, 0.6) is 0 Å². The van der Waals surface area contributed by atoms with Crippen molar-refractivity contribution in [1.82, 2.24) is 4.90 Å². The third-order valence-electron chi connectivity index (χ3n) is 4.03. The van der Waals surface area contributed by atoms with Crippen LogP contribution in [0.25, 0.3) is 0 Å². The van der Waals surface area contributed by atoms with Gasteiger partial charge in [-0.3, -0.25) is 4.90 Å². The second-order valence-corrected chi connectivity index (χ2v) is 5.76. The topological polar surface area (TPSA) is 23.5 Å². The summed E-state index contributed by atoms with van der Waals surface area (Å²) in [4.78, 5) is 1.90. The molecule has 0 bridgehead atoms. The number of nitrogens with zero attached hydrogens (tertiary/aromatic N) is 1. The van der Waals surface area contributed by atoms with Gasteiger partial charge in [0.15, 0.2) is 0 Å². The Balaban J connectivity index is 2.75. The van der Waals surface area contributed by atoms with Crippen LogP contribution in [0.2, 0.25) is 0 Å². The summed E-state index contributed by atoms with van der Waals surface area (Å²) >= 11 is 0. The first-order valence-corrected chi connectivity index (χ1v) is 7.17. The Bertz CT molecular complexity index is 236. The van der Waals surface area contributed by atoms with Gasteiger partial charge >= 0.3 is 0 Å². The minimum atomic E-state index is -2.30. The predicted molar refractivity (Wildman–Crippen MR) is 69.9 cm³/mol. The molecule has 0 aromatic heterocycles. The largest absolute Gasteiger partial charge is 0.393 e. The van der Waals surface area contributed by atoms with E-state index < -0.39 is 6.43 Å². The van der Waals surface area contributed by atoms with Gasteiger partial charge in [-0.25, -0.2) is 8.78 Å². The maximum absolute atomic E-state index is 12.7. The van der Waals surface area contributed by atoms with E-state index in [0.717, 1.165) is 25.7 Å². The molecular weight excluding hydrogens is 236 g/mol. The third kappa shape index (κ3) is 4.47. The number of aliphatic hydroxyl groups excluding tert-OH is 1. The van der Waals surface area contributed by atoms with Gasteiger partial charge in [0.1, 0.15) is 0 Å². The van der Waals surface area contributed by atoms with Gasteiger partial charge in [0.25, 0.3) is 6.43 Å². The molecule has 0 saturated heterocycles. The lowest BCUT2D eigenvalue weighted by atomic mass is 9.79. The minimum Gasteiger partial charge on any atom is -0.393 e. The first kappa shape index (κ1) is 15.8. The van der Waals surface area contributed by atoms with Crippen LogP contribution in [0.15, 0.2) is 0 Å². The van der Waals surface area contributed by atoms with Crippen LogP contribution in [0.1, 0.15) is 52.9 Å². The summed E-state index contributed by atoms with van der Waals surface area (Å²) in [6, 6.07) is 0.219. The Hall–Kier alpha value is -0.220. The van der Waals surface area contributed by atoms with E-state index in [-0.39, 0.29) is 24.7 Å². The van der Waals surface area contributed by atoms with Gasteiger partial charge in [-0.2, -0.15) is 0 Å². The summed E-state index contributed by atoms with van der Waals surface area (Å²) in [6.45, 7) is 5.89. The summed E-state index contributed by atoms with van der Waals surface area (Å²) in [5.74, 6) is 0.458. The second kappa shape index (κ2) is 7.39. The van der Waals surface area contributed by atoms with Gasteiger partial charge in [-0.15, -0.1) is 0 Å². The zero-order valence-corrected chi connectivity index (χ0v) is 11.8. The smallest absolute Gasteiger partial charge is 0.251 e. The molecule has 0 aliphatic heterocycles. The van der Waals surface area contributed by atoms with Gasteiger partial charge in [0, 0.05) is 12.1 Å². The molecule has 108 valence electrons. The Morgan fingerprint density at radius 2 is 1.94 bits per heavy atom. The molecule has 1 aliphatic carbocycles. The molecule has 0 amide bonds. The summed E-state index contributed by atoms with van der Waals surface area (Å²) in [6.07, 6.45) is 1.97. The van der Waals surface area contributed by atoms with Crippen LogP contribution < -0.4 is 0 Å². The van der Waals surface area contributed by atoms with Crippen LogP contribution in [0, 0.1) is 5.92 Å². The van der Waals surface area contributed by atoms with E-state index in [0.29, 0.717) is 12.3 Å². The molecule has 1 fully saturated rings. The van der Waals surface area contributed by atoms with Crippen LogP contribution in [-0.4, -0.2) is 41.2 Å². The minimum absolute atomic E-state index is 0.105. The lowest BCUT2D eigenvalue weighted by molar-refractivity contribution is -0.0191. The maximum atomic E-state index is 12.7. The summed E-state index contributed by atoms with van der Waals surface area (Å²) in [5, 5.41) is 9.82. The van der Waals surface area contributed by atoms with Crippen molar-refractivity contribution in [3.8, 4) is 0 Å². The Labute approximate surface area is 109 Å². The molecule has 18 heavy (non-hydrogen) atoms. The number of halogens is 2. The highest BCUT2D eigenvalue weighted by Crippen LogP contribution is 2.33. The molecule has 0 heterocycles. The van der Waals surface area contributed by atoms with Crippen molar-refractivity contribution >= 4 is 0 Å². The van der Waals surface area contributed by atoms with Crippen LogP contribution in [0.3, 0.4) is 0 Å². The summed E-state index contributed by atoms with van der Waals surface area (Å²) in [7, 11) is 0. The third-order valence-corrected chi connectivity index (χ3v) is 4.03. The highest BCUT2D eigenvalue weighted by Gasteiger charge is 2.35. The van der Waals surface area contributed by atoms with E-state index >= 15 is 0 Å². The van der Waals surface area contributed by atoms with Crippen LogP contribution in [0.4, 0.5) is 8.78 Å². The van der Waals surface area contributed by atoms with Crippen molar-refractivity contribution < 1.29 is 13.9 Å². The number of rotatable bonds is 6. The summed E-state index contributed by atoms with van der Waals surface area (Å²) in [5.41, 5.74) is 0. The fraction of sp³-hybridized carbons (Fsp3) is 1.00. The van der Waals surface area contributed by atoms with Gasteiger partial charge in [-0.05, 0) is 45.4 Å². The predicted octanol–water partition coefficient (Wildman–Crippen LogP) is 3.29. The molecule has 3 unspecified atom stereocenters. The van der Waals surface area contributed by atoms with Gasteiger partial charge in [0.2, 0.25) is 0 Å². The molecule has 1 aliphatic rings. The zero-order valence-electron chi connectivity index (χ0n) is 11.8. The molecule has 0 radical (unpaired) electrons. The molecule has 1 rings (SSSR count). The number of alkyl halides is 2. The average Bonchev–Trinajstić information content (AvgIpc) is 2.28. The highest BCUT2D eigenvalue weighted by atomic mass is 19.3. The van der Waals surface area contributed by atoms with Gasteiger partial charge < -0.3 is 5.11 Å². The molecule has 2 nitrogen and oxygen atoms in total. The van der Waals surface area contributed by atoms with Crippen molar-refractivity contribution in [2.75, 3.05) is 6.54 Å². The standard InChI is InChI=1S/C14H27F2NO/c1-4-5-11-6-7-12(18)8-13(11)17(10(2)3)9-14(15)16/h10-14,18H,4-9H2,1-3H3. The van der Waals surface area contributed by atoms with Gasteiger partial charge in [-0.1, -0.05) is 13.3 Å². The Kier molecular flexibility index (Phi) is 6.50. The normalized spacial score (nSPS) is 29.5. The first-order valence-electron chi connectivity index (χ1n) is 7.17. The van der Waals surface area contributed by atoms with E-state index in [2.05, 4.69) is 6.92 Å². The monoisotopic (exact) mass is 263 g/mol. The van der Waals surface area contributed by atoms with E-state index in [1.807, 2.05) is 18.7 Å². The van der Waals surface area contributed by atoms with Crippen molar-refractivity contribution in [2.24, 2.45) is 5.92 Å². The van der Waals surface area contributed by atoms with E-state index in [4.69, 9.17) is 0 Å². The van der Waals surface area contributed by atoms with Crippen LogP contribution >= 0.6 is 0 Å². The number of hydrogen-bond acceptors (Lipinski definition) is 2. The molecule has 0 aromatic rings. The number of hydrogen-bond donors (Lipinski definition) is 1. The maximum Gasteiger partial charge on any atom is 0.251 e. The van der Waals surface area contributed by atoms with Crippen molar-refractivity contribution in [1.29, 1.82) is 0 Å². The lowest BCUT2D eigenvalue weighted by Gasteiger charge is -2.43. The quantitative estimate of drug-likeness (QED) is 0.795. The van der Waals surface area contributed by atoms with Crippen LogP contribution in [-0.2, 0) is 0 Å². The molecule has 1 saturated carbocycles. The fourth-order valence-electron chi connectivity index (χ4n) is 3.19. The first-order chi connectivity index (χ1) is 8.45. The van der Waals surface area contributed by atoms with Crippen molar-refractivity contribution in [3.63, 3.8) is 0 Å². The highest BCUT2D eigenvalue weighted by molar-refractivity contribution is 4.88. The average molecular weight is 263 g/mol. The Morgan fingerprint density at radius 1 is 1.28 bits per heavy atom. The van der Waals surface area contributed by atoms with E-state index in [9.17, 15) is 13.9 Å². The summed E-state index contributed by atoms with van der Waals surface area (Å²) < 4.78 is 25.4. The molecular formula is C14H27F2NO. The molecule has 1 N–H and O–H groups in total. The van der Waals surface area contributed by atoms with Crippen molar-refractivity contribution in [2.45, 2.75) is 77.5 Å². The lowest BCUT2D eigenvalue weighted by Crippen LogP contribution is -2.50. The molecule has 4 heteroatoms. The number of aliphatic hydroxyl groups is 1. The molecule has 3 atom stereocenters. The van der Waals surface area contributed by atoms with E-state index in [1.54, 1.807) is 0 Å². The molecule has 0 aromatic carbocycles. The van der Waals surface area contributed by atoms with Gasteiger partial charge in [0.05, 0.1) is 12.6 Å². The van der Waals surface area contributed by atoms with E-state index in [1.165, 1.54) is 0 Å². The fourth-order valence-corrected chi connectivity index (χ4v) is 3.19.